The van der Waals surface area contributed by atoms with Crippen molar-refractivity contribution >= 4 is 28.6 Å². The highest BCUT2D eigenvalue weighted by atomic mass is 16.5. The molecule has 0 radical (unpaired) electrons. The van der Waals surface area contributed by atoms with E-state index in [9.17, 15) is 9.59 Å². The number of urea groups is 1. The van der Waals surface area contributed by atoms with Gasteiger partial charge in [0.05, 0.1) is 25.5 Å². The molecule has 2 aromatic carbocycles. The number of nitrogens with one attached hydrogen (secondary N) is 3. The number of anilines is 1. The van der Waals surface area contributed by atoms with Crippen LogP contribution in [0, 0.1) is 0 Å². The molecule has 0 fully saturated rings. The first kappa shape index (κ1) is 18.3. The Kier molecular flexibility index (Phi) is 5.61. The average molecular weight is 367 g/mol. The van der Waals surface area contributed by atoms with E-state index in [4.69, 9.17) is 9.47 Å². The van der Waals surface area contributed by atoms with Gasteiger partial charge in [-0.15, -0.1) is 0 Å². The van der Waals surface area contributed by atoms with E-state index in [1.807, 2.05) is 24.4 Å². The number of carbonyl (C=O) groups is 2. The quantitative estimate of drug-likeness (QED) is 0.583. The highest BCUT2D eigenvalue weighted by Gasteiger charge is 2.13. The number of para-hydroxylation sites is 1. The minimum atomic E-state index is -0.501. The second kappa shape index (κ2) is 8.27. The molecule has 0 aliphatic rings. The number of H-pyrrole nitrogens is 1. The van der Waals surface area contributed by atoms with Crippen LogP contribution >= 0.6 is 0 Å². The molecule has 3 aromatic rings. The number of hydrogen-bond donors (Lipinski definition) is 3. The first-order valence-electron chi connectivity index (χ1n) is 8.48. The molecule has 7 heteroatoms. The molecule has 7 nitrogen and oxygen atoms in total. The number of carbonyl (C=O) groups excluding carboxylic acids is 2. The number of rotatable bonds is 6. The molecular formula is C20H21N3O4. The van der Waals surface area contributed by atoms with E-state index in [1.54, 1.807) is 31.4 Å². The van der Waals surface area contributed by atoms with Gasteiger partial charge in [0.1, 0.15) is 5.75 Å². The minimum Gasteiger partial charge on any atom is -0.497 e. The molecule has 2 amide bonds. The number of methoxy groups -OCH3 is 2. The summed E-state index contributed by atoms with van der Waals surface area (Å²) < 4.78 is 9.99. The molecule has 27 heavy (non-hydrogen) atoms. The molecule has 0 saturated heterocycles. The van der Waals surface area contributed by atoms with Crippen molar-refractivity contribution in [3.63, 3.8) is 0 Å². The zero-order valence-corrected chi connectivity index (χ0v) is 15.2. The summed E-state index contributed by atoms with van der Waals surface area (Å²) in [7, 11) is 2.93. The second-order valence-corrected chi connectivity index (χ2v) is 5.89. The summed E-state index contributed by atoms with van der Waals surface area (Å²) in [6.45, 7) is 0.441. The van der Waals surface area contributed by atoms with Gasteiger partial charge in [-0.25, -0.2) is 9.59 Å². The average Bonchev–Trinajstić information content (AvgIpc) is 3.10. The number of esters is 1. The van der Waals surface area contributed by atoms with Crippen molar-refractivity contribution in [2.75, 3.05) is 26.1 Å². The third-order valence-electron chi connectivity index (χ3n) is 4.24. The summed E-state index contributed by atoms with van der Waals surface area (Å²) in [6, 6.07) is 12.1. The molecule has 0 bridgehead atoms. The van der Waals surface area contributed by atoms with Crippen LogP contribution in [0.15, 0.2) is 48.7 Å². The van der Waals surface area contributed by atoms with Crippen LogP contribution < -0.4 is 15.4 Å². The van der Waals surface area contributed by atoms with Gasteiger partial charge in [-0.05, 0) is 42.3 Å². The van der Waals surface area contributed by atoms with E-state index in [2.05, 4.69) is 15.6 Å². The van der Waals surface area contributed by atoms with E-state index in [-0.39, 0.29) is 6.03 Å². The van der Waals surface area contributed by atoms with Gasteiger partial charge in [0.25, 0.3) is 0 Å². The number of ether oxygens (including phenoxy) is 2. The molecule has 140 valence electrons. The number of amides is 2. The number of aromatic nitrogens is 1. The van der Waals surface area contributed by atoms with Crippen LogP contribution in [0.3, 0.4) is 0 Å². The Hall–Kier alpha value is -3.48. The second-order valence-electron chi connectivity index (χ2n) is 5.89. The summed E-state index contributed by atoms with van der Waals surface area (Å²) >= 11 is 0. The molecule has 3 rings (SSSR count). The maximum absolute atomic E-state index is 12.2. The Morgan fingerprint density at radius 1 is 1.11 bits per heavy atom. The Balaban J connectivity index is 1.60. The van der Waals surface area contributed by atoms with Crippen LogP contribution in [0.25, 0.3) is 10.9 Å². The Bertz CT molecular complexity index is 965. The Morgan fingerprint density at radius 2 is 1.93 bits per heavy atom. The monoisotopic (exact) mass is 367 g/mol. The van der Waals surface area contributed by atoms with Crippen molar-refractivity contribution in [2.24, 2.45) is 0 Å². The van der Waals surface area contributed by atoms with Gasteiger partial charge >= 0.3 is 12.0 Å². The molecule has 1 aromatic heterocycles. The zero-order chi connectivity index (χ0) is 19.2. The molecule has 3 N–H and O–H groups in total. The third-order valence-corrected chi connectivity index (χ3v) is 4.24. The lowest BCUT2D eigenvalue weighted by Gasteiger charge is -2.10. The fourth-order valence-corrected chi connectivity index (χ4v) is 2.85. The lowest BCUT2D eigenvalue weighted by Crippen LogP contribution is -2.31. The van der Waals surface area contributed by atoms with Crippen molar-refractivity contribution in [1.82, 2.24) is 10.3 Å². The summed E-state index contributed by atoms with van der Waals surface area (Å²) in [5.41, 5.74) is 2.80. The fraction of sp³-hybridized carbons (Fsp3) is 0.200. The van der Waals surface area contributed by atoms with Crippen LogP contribution in [0.1, 0.15) is 15.9 Å². The first-order valence-corrected chi connectivity index (χ1v) is 8.48. The largest absolute Gasteiger partial charge is 0.497 e. The van der Waals surface area contributed by atoms with Crippen LogP contribution in [0.4, 0.5) is 10.5 Å². The number of fused-ring (bicyclic) bond motifs is 1. The summed E-state index contributed by atoms with van der Waals surface area (Å²) in [5.74, 6) is 0.284. The topological polar surface area (TPSA) is 92.5 Å². The van der Waals surface area contributed by atoms with Crippen molar-refractivity contribution in [3.05, 3.63) is 59.8 Å². The maximum Gasteiger partial charge on any atom is 0.339 e. The molecule has 0 atom stereocenters. The minimum absolute atomic E-state index is 0.305. The molecular weight excluding hydrogens is 346 g/mol. The van der Waals surface area contributed by atoms with Gasteiger partial charge in [-0.2, -0.15) is 0 Å². The lowest BCUT2D eigenvalue weighted by molar-refractivity contribution is 0.0602. The van der Waals surface area contributed by atoms with Crippen LogP contribution in [0.2, 0.25) is 0 Å². The Morgan fingerprint density at radius 3 is 2.70 bits per heavy atom. The SMILES string of the molecule is COC(=O)c1ccccc1NC(=O)NCCc1c[nH]c2ccc(OC)cc12. The van der Waals surface area contributed by atoms with Gasteiger partial charge in [0.15, 0.2) is 0 Å². The molecule has 0 unspecified atom stereocenters. The molecule has 0 aliphatic heterocycles. The van der Waals surface area contributed by atoms with Crippen molar-refractivity contribution in [2.45, 2.75) is 6.42 Å². The van der Waals surface area contributed by atoms with Gasteiger partial charge < -0.3 is 25.1 Å². The first-order chi connectivity index (χ1) is 13.1. The smallest absolute Gasteiger partial charge is 0.339 e. The van der Waals surface area contributed by atoms with E-state index in [0.717, 1.165) is 22.2 Å². The molecule has 0 aliphatic carbocycles. The van der Waals surface area contributed by atoms with Gasteiger partial charge in [0, 0.05) is 23.6 Å². The number of aromatic amines is 1. The van der Waals surface area contributed by atoms with Crippen LogP contribution in [0.5, 0.6) is 5.75 Å². The van der Waals surface area contributed by atoms with Gasteiger partial charge in [0.2, 0.25) is 0 Å². The highest BCUT2D eigenvalue weighted by Crippen LogP contribution is 2.23. The molecule has 0 saturated carbocycles. The van der Waals surface area contributed by atoms with Crippen molar-refractivity contribution < 1.29 is 19.1 Å². The lowest BCUT2D eigenvalue weighted by atomic mass is 10.1. The van der Waals surface area contributed by atoms with Crippen LogP contribution in [-0.4, -0.2) is 37.7 Å². The summed E-state index contributed by atoms with van der Waals surface area (Å²) in [5, 5.41) is 6.54. The predicted octanol–water partition coefficient (Wildman–Crippen LogP) is 3.33. The fourth-order valence-electron chi connectivity index (χ4n) is 2.85. The highest BCUT2D eigenvalue weighted by molar-refractivity contribution is 6.00. The third kappa shape index (κ3) is 4.20. The van der Waals surface area contributed by atoms with Gasteiger partial charge in [-0.1, -0.05) is 12.1 Å². The molecule has 1 heterocycles. The normalized spacial score (nSPS) is 10.4. The van der Waals surface area contributed by atoms with Gasteiger partial charge in [-0.3, -0.25) is 0 Å². The van der Waals surface area contributed by atoms with E-state index in [1.165, 1.54) is 7.11 Å². The van der Waals surface area contributed by atoms with Crippen molar-refractivity contribution in [1.29, 1.82) is 0 Å². The van der Waals surface area contributed by atoms with Crippen LogP contribution in [-0.2, 0) is 11.2 Å². The van der Waals surface area contributed by atoms with Crippen molar-refractivity contribution in [3.8, 4) is 5.75 Å². The number of benzene rings is 2. The van der Waals surface area contributed by atoms with E-state index < -0.39 is 5.97 Å². The summed E-state index contributed by atoms with van der Waals surface area (Å²) in [4.78, 5) is 27.1. The Labute approximate surface area is 156 Å². The number of hydrogen-bond acceptors (Lipinski definition) is 4. The maximum atomic E-state index is 12.2. The summed E-state index contributed by atoms with van der Waals surface area (Å²) in [6.07, 6.45) is 2.58. The zero-order valence-electron chi connectivity index (χ0n) is 15.2. The molecule has 0 spiro atoms. The van der Waals surface area contributed by atoms with E-state index >= 15 is 0 Å². The predicted molar refractivity (Wildman–Crippen MR) is 103 cm³/mol. The van der Waals surface area contributed by atoms with E-state index in [0.29, 0.717) is 24.2 Å². The standard InChI is InChI=1S/C20H21N3O4/c1-26-14-7-8-17-16(11-14)13(12-22-17)9-10-21-20(25)23-18-6-4-3-5-15(18)19(24)27-2/h3-8,11-12,22H,9-10H2,1-2H3,(H2,21,23,25).